The highest BCUT2D eigenvalue weighted by Crippen LogP contribution is 2.21. The summed E-state index contributed by atoms with van der Waals surface area (Å²) in [5, 5.41) is 17.8. The van der Waals surface area contributed by atoms with Crippen LogP contribution in [0.3, 0.4) is 0 Å². The first kappa shape index (κ1) is 21.9. The molecule has 1 atom stereocenters. The Hall–Kier alpha value is -3.76. The number of hydrogen-bond acceptors (Lipinski definition) is 7. The molecule has 1 aromatic heterocycles. The summed E-state index contributed by atoms with van der Waals surface area (Å²) < 4.78 is 4.49. The summed E-state index contributed by atoms with van der Waals surface area (Å²) in [5.74, 6) is -0.246. The number of hydrazone groups is 1. The van der Waals surface area contributed by atoms with Crippen LogP contribution in [0.5, 0.6) is 0 Å². The number of fused-ring (bicyclic) bond motifs is 1. The van der Waals surface area contributed by atoms with Crippen molar-refractivity contribution in [2.75, 3.05) is 12.4 Å². The van der Waals surface area contributed by atoms with Crippen LogP contribution in [0.4, 0.5) is 10.5 Å². The number of H-pyrrole nitrogens is 1. The van der Waals surface area contributed by atoms with Gasteiger partial charge in [-0.05, 0) is 35.9 Å². The molecule has 1 unspecified atom stereocenters. The van der Waals surface area contributed by atoms with Gasteiger partial charge in [-0.15, -0.1) is 0 Å². The first-order valence-corrected chi connectivity index (χ1v) is 9.33. The standard InChI is InChI=1S/C20H18ClN5O5/c1-10(27)22-13-6-3-11(4-7-13)18(28)16(25-26-20(30)31-2)17-19(29)24-15-9-12(21)5-8-14(15)23-17/h3-9,18,28H,1-2H3,(H,22,27)(H,24,29)(H,26,30)/b25-16-. The van der Waals surface area contributed by atoms with Crippen molar-refractivity contribution in [1.82, 2.24) is 15.4 Å². The van der Waals surface area contributed by atoms with Crippen LogP contribution in [0, 0.1) is 0 Å². The summed E-state index contributed by atoms with van der Waals surface area (Å²) in [6.07, 6.45) is -2.32. The van der Waals surface area contributed by atoms with Gasteiger partial charge in [0.15, 0.2) is 5.69 Å². The maximum Gasteiger partial charge on any atom is 0.427 e. The number of carbonyl (C=O) groups is 2. The molecule has 2 amide bonds. The van der Waals surface area contributed by atoms with Gasteiger partial charge < -0.3 is 20.1 Å². The number of aromatic nitrogens is 2. The molecular formula is C20H18ClN5O5. The largest absolute Gasteiger partial charge is 0.452 e. The molecule has 11 heteroatoms. The molecule has 0 saturated heterocycles. The number of nitrogens with one attached hydrogen (secondary N) is 3. The molecule has 0 radical (unpaired) electrons. The summed E-state index contributed by atoms with van der Waals surface area (Å²) in [7, 11) is 1.15. The Morgan fingerprint density at radius 1 is 1.23 bits per heavy atom. The van der Waals surface area contributed by atoms with Gasteiger partial charge in [0, 0.05) is 17.6 Å². The van der Waals surface area contributed by atoms with E-state index in [2.05, 4.69) is 30.5 Å². The lowest BCUT2D eigenvalue weighted by Crippen LogP contribution is -2.29. The quantitative estimate of drug-likeness (QED) is 0.351. The fourth-order valence-corrected chi connectivity index (χ4v) is 2.91. The van der Waals surface area contributed by atoms with Crippen molar-refractivity contribution in [3.05, 3.63) is 69.1 Å². The number of methoxy groups -OCH3 is 1. The average molecular weight is 444 g/mol. The summed E-state index contributed by atoms with van der Waals surface area (Å²) in [5.41, 5.74) is 2.70. The Bertz CT molecular complexity index is 1220. The topological polar surface area (TPSA) is 146 Å². The summed E-state index contributed by atoms with van der Waals surface area (Å²) in [6.45, 7) is 1.37. The van der Waals surface area contributed by atoms with Crippen LogP contribution < -0.4 is 16.3 Å². The zero-order valence-corrected chi connectivity index (χ0v) is 17.2. The molecule has 3 aromatic rings. The monoisotopic (exact) mass is 443 g/mol. The number of ether oxygens (including phenoxy) is 1. The number of anilines is 1. The van der Waals surface area contributed by atoms with Crippen molar-refractivity contribution in [2.45, 2.75) is 13.0 Å². The number of amides is 2. The third-order valence-corrected chi connectivity index (χ3v) is 4.39. The van der Waals surface area contributed by atoms with Crippen LogP contribution in [0.25, 0.3) is 11.0 Å². The van der Waals surface area contributed by atoms with E-state index in [4.69, 9.17) is 11.6 Å². The van der Waals surface area contributed by atoms with Crippen molar-refractivity contribution < 1.29 is 19.4 Å². The molecule has 0 spiro atoms. The predicted octanol–water partition coefficient (Wildman–Crippen LogP) is 2.33. The molecule has 160 valence electrons. The van der Waals surface area contributed by atoms with Crippen LogP contribution in [-0.4, -0.2) is 39.9 Å². The van der Waals surface area contributed by atoms with Gasteiger partial charge in [0.25, 0.3) is 5.56 Å². The van der Waals surface area contributed by atoms with Crippen molar-refractivity contribution >= 4 is 46.0 Å². The van der Waals surface area contributed by atoms with E-state index in [9.17, 15) is 19.5 Å². The Balaban J connectivity index is 2.06. The van der Waals surface area contributed by atoms with Gasteiger partial charge in [0.2, 0.25) is 5.91 Å². The summed E-state index contributed by atoms with van der Waals surface area (Å²) >= 11 is 5.95. The highest BCUT2D eigenvalue weighted by Gasteiger charge is 2.23. The maximum atomic E-state index is 12.7. The molecule has 3 rings (SSSR count). The van der Waals surface area contributed by atoms with Gasteiger partial charge in [0.1, 0.15) is 11.8 Å². The molecule has 31 heavy (non-hydrogen) atoms. The van der Waals surface area contributed by atoms with Crippen LogP contribution in [0.15, 0.2) is 52.4 Å². The predicted molar refractivity (Wildman–Crippen MR) is 115 cm³/mol. The minimum absolute atomic E-state index is 0.204. The van der Waals surface area contributed by atoms with E-state index < -0.39 is 17.8 Å². The Morgan fingerprint density at radius 2 is 1.94 bits per heavy atom. The van der Waals surface area contributed by atoms with E-state index in [1.807, 2.05) is 0 Å². The zero-order valence-electron chi connectivity index (χ0n) is 16.5. The normalized spacial score (nSPS) is 12.3. The first-order chi connectivity index (χ1) is 14.8. The van der Waals surface area contributed by atoms with Crippen molar-refractivity contribution in [3.63, 3.8) is 0 Å². The smallest absolute Gasteiger partial charge is 0.427 e. The first-order valence-electron chi connectivity index (χ1n) is 8.95. The highest BCUT2D eigenvalue weighted by molar-refractivity contribution is 6.31. The molecular weight excluding hydrogens is 426 g/mol. The van der Waals surface area contributed by atoms with Crippen molar-refractivity contribution in [2.24, 2.45) is 5.10 Å². The SMILES string of the molecule is COC(=O)N/N=C(/c1nc2ccc(Cl)cc2[nH]c1=O)C(O)c1ccc(NC(C)=O)cc1. The molecule has 4 N–H and O–H groups in total. The fraction of sp³-hybridized carbons (Fsp3) is 0.150. The molecule has 2 aromatic carbocycles. The lowest BCUT2D eigenvalue weighted by atomic mass is 10.0. The molecule has 0 aliphatic heterocycles. The third kappa shape index (κ3) is 5.24. The van der Waals surface area contributed by atoms with E-state index >= 15 is 0 Å². The Labute approximate surface area is 180 Å². The van der Waals surface area contributed by atoms with E-state index in [-0.39, 0.29) is 17.3 Å². The molecule has 0 aliphatic carbocycles. The molecule has 0 bridgehead atoms. The van der Waals surface area contributed by atoms with Crippen LogP contribution >= 0.6 is 11.6 Å². The molecule has 0 saturated carbocycles. The van der Waals surface area contributed by atoms with Crippen molar-refractivity contribution in [1.29, 1.82) is 0 Å². The number of carbonyl (C=O) groups excluding carboxylic acids is 2. The van der Waals surface area contributed by atoms with E-state index in [0.717, 1.165) is 7.11 Å². The van der Waals surface area contributed by atoms with E-state index in [1.54, 1.807) is 36.4 Å². The second kappa shape index (κ2) is 9.37. The summed E-state index contributed by atoms with van der Waals surface area (Å²) in [4.78, 5) is 42.3. The number of aliphatic hydroxyl groups excluding tert-OH is 1. The molecule has 1 heterocycles. The number of benzene rings is 2. The van der Waals surface area contributed by atoms with E-state index in [1.165, 1.54) is 13.0 Å². The number of aromatic amines is 1. The fourth-order valence-electron chi connectivity index (χ4n) is 2.74. The second-order valence-corrected chi connectivity index (χ2v) is 6.82. The molecule has 0 fully saturated rings. The molecule has 10 nitrogen and oxygen atoms in total. The lowest BCUT2D eigenvalue weighted by molar-refractivity contribution is -0.114. The van der Waals surface area contributed by atoms with Crippen LogP contribution in [0.1, 0.15) is 24.3 Å². The number of rotatable bonds is 5. The van der Waals surface area contributed by atoms with Gasteiger partial charge in [-0.2, -0.15) is 5.10 Å². The zero-order chi connectivity index (χ0) is 22.5. The number of nitrogens with zero attached hydrogens (tertiary/aromatic N) is 2. The van der Waals surface area contributed by atoms with Gasteiger partial charge in [-0.25, -0.2) is 15.2 Å². The number of hydrogen-bond donors (Lipinski definition) is 4. The number of halogens is 1. The highest BCUT2D eigenvalue weighted by atomic mass is 35.5. The summed E-state index contributed by atoms with van der Waals surface area (Å²) in [6, 6.07) is 11.0. The third-order valence-electron chi connectivity index (χ3n) is 4.16. The van der Waals surface area contributed by atoms with E-state index in [0.29, 0.717) is 27.3 Å². The minimum Gasteiger partial charge on any atom is -0.452 e. The Morgan fingerprint density at radius 3 is 2.58 bits per heavy atom. The second-order valence-electron chi connectivity index (χ2n) is 6.38. The molecule has 0 aliphatic rings. The lowest BCUT2D eigenvalue weighted by Gasteiger charge is -2.15. The van der Waals surface area contributed by atoms with Crippen LogP contribution in [0.2, 0.25) is 5.02 Å². The Kier molecular flexibility index (Phi) is 6.63. The van der Waals surface area contributed by atoms with Gasteiger partial charge >= 0.3 is 6.09 Å². The van der Waals surface area contributed by atoms with Crippen LogP contribution in [-0.2, 0) is 9.53 Å². The van der Waals surface area contributed by atoms with Gasteiger partial charge in [0.05, 0.1) is 18.1 Å². The maximum absolute atomic E-state index is 12.7. The average Bonchev–Trinajstić information content (AvgIpc) is 2.73. The number of aliphatic hydroxyl groups is 1. The van der Waals surface area contributed by atoms with Crippen molar-refractivity contribution in [3.8, 4) is 0 Å². The van der Waals surface area contributed by atoms with Gasteiger partial charge in [-0.1, -0.05) is 23.7 Å². The minimum atomic E-state index is -1.43. The van der Waals surface area contributed by atoms with Gasteiger partial charge in [-0.3, -0.25) is 9.59 Å².